The maximum atomic E-state index is 9.79. The van der Waals surface area contributed by atoms with E-state index in [1.165, 1.54) is 12.8 Å². The lowest BCUT2D eigenvalue weighted by atomic mass is 9.71. The smallest absolute Gasteiger partial charge is 0.0837 e. The first kappa shape index (κ1) is 12.4. The summed E-state index contributed by atoms with van der Waals surface area (Å²) in [6, 6.07) is 0. The quantitative estimate of drug-likeness (QED) is 0.784. The van der Waals surface area contributed by atoms with Crippen LogP contribution in [0.3, 0.4) is 0 Å². The monoisotopic (exact) mass is 226 g/mol. The van der Waals surface area contributed by atoms with E-state index in [4.69, 9.17) is 4.74 Å². The fourth-order valence-corrected chi connectivity index (χ4v) is 3.67. The highest BCUT2D eigenvalue weighted by molar-refractivity contribution is 4.86. The van der Waals surface area contributed by atoms with Crippen molar-refractivity contribution in [3.8, 4) is 0 Å². The van der Waals surface area contributed by atoms with Crippen LogP contribution in [0.2, 0.25) is 0 Å². The van der Waals surface area contributed by atoms with Gasteiger partial charge in [-0.15, -0.1) is 0 Å². The summed E-state index contributed by atoms with van der Waals surface area (Å²) in [5.74, 6) is 0.757. The van der Waals surface area contributed by atoms with E-state index in [2.05, 4.69) is 20.8 Å². The topological polar surface area (TPSA) is 29.5 Å². The minimum Gasteiger partial charge on any atom is -0.390 e. The lowest BCUT2D eigenvalue weighted by Crippen LogP contribution is -2.37. The van der Waals surface area contributed by atoms with Gasteiger partial charge in [-0.3, -0.25) is 0 Å². The number of ether oxygens (including phenoxy) is 1. The molecule has 0 saturated heterocycles. The molecule has 4 unspecified atom stereocenters. The van der Waals surface area contributed by atoms with Crippen LogP contribution in [0.1, 0.15) is 59.3 Å². The van der Waals surface area contributed by atoms with Crippen LogP contribution in [0.4, 0.5) is 0 Å². The van der Waals surface area contributed by atoms with Crippen molar-refractivity contribution in [3.05, 3.63) is 0 Å². The Hall–Kier alpha value is -0.0800. The largest absolute Gasteiger partial charge is 0.390 e. The lowest BCUT2D eigenvalue weighted by Gasteiger charge is -2.40. The molecule has 0 aromatic heterocycles. The van der Waals surface area contributed by atoms with Crippen LogP contribution in [0.15, 0.2) is 0 Å². The molecular formula is C14H26O2. The molecule has 2 saturated carbocycles. The highest BCUT2D eigenvalue weighted by Gasteiger charge is 2.36. The van der Waals surface area contributed by atoms with Crippen molar-refractivity contribution in [3.63, 3.8) is 0 Å². The molecule has 1 N–H and O–H groups in total. The third kappa shape index (κ3) is 2.98. The summed E-state index contributed by atoms with van der Waals surface area (Å²) in [5.41, 5.74) is 0.409. The van der Waals surface area contributed by atoms with Crippen molar-refractivity contribution >= 4 is 0 Å². The summed E-state index contributed by atoms with van der Waals surface area (Å²) in [7, 11) is 0. The van der Waals surface area contributed by atoms with Gasteiger partial charge in [-0.25, -0.2) is 0 Å². The molecule has 0 aromatic rings. The Labute approximate surface area is 99.4 Å². The Balaban J connectivity index is 1.89. The van der Waals surface area contributed by atoms with Crippen LogP contribution in [0.5, 0.6) is 0 Å². The Morgan fingerprint density at radius 1 is 1.19 bits per heavy atom. The molecule has 0 heterocycles. The first-order valence-corrected chi connectivity index (χ1v) is 6.80. The first-order chi connectivity index (χ1) is 7.46. The Kier molecular flexibility index (Phi) is 3.60. The van der Waals surface area contributed by atoms with Crippen molar-refractivity contribution in [1.82, 2.24) is 0 Å². The maximum absolute atomic E-state index is 9.79. The van der Waals surface area contributed by atoms with E-state index in [1.54, 1.807) is 0 Å². The zero-order valence-electron chi connectivity index (χ0n) is 10.9. The van der Waals surface area contributed by atoms with Crippen LogP contribution in [0.25, 0.3) is 0 Å². The fourth-order valence-electron chi connectivity index (χ4n) is 3.67. The normalized spacial score (nSPS) is 43.5. The maximum Gasteiger partial charge on any atom is 0.0837 e. The second kappa shape index (κ2) is 4.66. The Bertz CT molecular complexity index is 237. The summed E-state index contributed by atoms with van der Waals surface area (Å²) in [6.45, 7) is 7.00. The standard InChI is InChI=1S/C14H26O2/c1-10-7-11(9-14(2,3)8-10)16-13-6-4-5-12(13)15/h10-13,15H,4-9H2,1-3H3. The zero-order chi connectivity index (χ0) is 11.8. The molecule has 0 spiro atoms. The van der Waals surface area contributed by atoms with Gasteiger partial charge in [0.25, 0.3) is 0 Å². The van der Waals surface area contributed by atoms with Crippen LogP contribution < -0.4 is 0 Å². The first-order valence-electron chi connectivity index (χ1n) is 6.80. The number of aliphatic hydroxyl groups is 1. The predicted molar refractivity (Wildman–Crippen MR) is 65.3 cm³/mol. The van der Waals surface area contributed by atoms with E-state index in [9.17, 15) is 5.11 Å². The number of rotatable bonds is 2. The van der Waals surface area contributed by atoms with Gasteiger partial charge in [-0.1, -0.05) is 20.8 Å². The van der Waals surface area contributed by atoms with E-state index in [0.717, 1.165) is 31.6 Å². The summed E-state index contributed by atoms with van der Waals surface area (Å²) in [4.78, 5) is 0. The van der Waals surface area contributed by atoms with Crippen molar-refractivity contribution < 1.29 is 9.84 Å². The van der Waals surface area contributed by atoms with Gasteiger partial charge in [0, 0.05) is 0 Å². The van der Waals surface area contributed by atoms with Gasteiger partial charge >= 0.3 is 0 Å². The summed E-state index contributed by atoms with van der Waals surface area (Å²) in [6.07, 6.45) is 7.01. The van der Waals surface area contributed by atoms with Crippen molar-refractivity contribution in [2.45, 2.75) is 77.6 Å². The van der Waals surface area contributed by atoms with Crippen LogP contribution in [-0.2, 0) is 4.74 Å². The molecule has 2 fully saturated rings. The number of hydrogen-bond acceptors (Lipinski definition) is 2. The van der Waals surface area contributed by atoms with E-state index in [-0.39, 0.29) is 12.2 Å². The van der Waals surface area contributed by atoms with Gasteiger partial charge < -0.3 is 9.84 Å². The zero-order valence-corrected chi connectivity index (χ0v) is 10.9. The molecule has 2 aliphatic rings. The minimum atomic E-state index is -0.208. The van der Waals surface area contributed by atoms with Crippen LogP contribution in [-0.4, -0.2) is 23.4 Å². The molecule has 2 heteroatoms. The molecule has 4 atom stereocenters. The highest BCUT2D eigenvalue weighted by atomic mass is 16.5. The molecular weight excluding hydrogens is 200 g/mol. The second-order valence-electron chi connectivity index (χ2n) is 6.71. The van der Waals surface area contributed by atoms with E-state index in [0.29, 0.717) is 11.5 Å². The van der Waals surface area contributed by atoms with E-state index < -0.39 is 0 Å². The summed E-state index contributed by atoms with van der Waals surface area (Å²) >= 11 is 0. The van der Waals surface area contributed by atoms with E-state index in [1.807, 2.05) is 0 Å². The molecule has 16 heavy (non-hydrogen) atoms. The van der Waals surface area contributed by atoms with E-state index >= 15 is 0 Å². The third-order valence-electron chi connectivity index (χ3n) is 4.13. The van der Waals surface area contributed by atoms with Gasteiger partial charge in [-0.05, 0) is 49.9 Å². The van der Waals surface area contributed by atoms with Crippen molar-refractivity contribution in [1.29, 1.82) is 0 Å². The van der Waals surface area contributed by atoms with Gasteiger partial charge in [0.1, 0.15) is 0 Å². The molecule has 0 radical (unpaired) electrons. The molecule has 2 aliphatic carbocycles. The fraction of sp³-hybridized carbons (Fsp3) is 1.00. The van der Waals surface area contributed by atoms with Crippen molar-refractivity contribution in [2.24, 2.45) is 11.3 Å². The van der Waals surface area contributed by atoms with Crippen LogP contribution in [0, 0.1) is 11.3 Å². The Morgan fingerprint density at radius 3 is 2.50 bits per heavy atom. The molecule has 0 bridgehead atoms. The molecule has 0 aromatic carbocycles. The molecule has 0 aliphatic heterocycles. The second-order valence-corrected chi connectivity index (χ2v) is 6.71. The van der Waals surface area contributed by atoms with Gasteiger partial charge in [-0.2, -0.15) is 0 Å². The summed E-state index contributed by atoms with van der Waals surface area (Å²) < 4.78 is 6.12. The summed E-state index contributed by atoms with van der Waals surface area (Å²) in [5, 5.41) is 9.79. The molecule has 0 amide bonds. The number of aliphatic hydroxyl groups excluding tert-OH is 1. The highest BCUT2D eigenvalue weighted by Crippen LogP contribution is 2.40. The van der Waals surface area contributed by atoms with Gasteiger partial charge in [0.15, 0.2) is 0 Å². The SMILES string of the molecule is CC1CC(OC2CCCC2O)CC(C)(C)C1. The van der Waals surface area contributed by atoms with Gasteiger partial charge in [0.05, 0.1) is 18.3 Å². The number of hydrogen-bond donors (Lipinski definition) is 1. The molecule has 2 rings (SSSR count). The van der Waals surface area contributed by atoms with Crippen LogP contribution >= 0.6 is 0 Å². The average Bonchev–Trinajstić information content (AvgIpc) is 2.48. The third-order valence-corrected chi connectivity index (χ3v) is 4.13. The predicted octanol–water partition coefficient (Wildman–Crippen LogP) is 3.13. The molecule has 2 nitrogen and oxygen atoms in total. The van der Waals surface area contributed by atoms with Crippen molar-refractivity contribution in [2.75, 3.05) is 0 Å². The molecule has 94 valence electrons. The van der Waals surface area contributed by atoms with Gasteiger partial charge in [0.2, 0.25) is 0 Å². The lowest BCUT2D eigenvalue weighted by molar-refractivity contribution is -0.0967. The average molecular weight is 226 g/mol. The minimum absolute atomic E-state index is 0.117. The Morgan fingerprint density at radius 2 is 1.94 bits per heavy atom.